The zero-order valence-corrected chi connectivity index (χ0v) is 22.0. The highest BCUT2D eigenvalue weighted by Gasteiger charge is 2.32. The fourth-order valence-electron chi connectivity index (χ4n) is 6.05. The average molecular weight is 514 g/mol. The smallest absolute Gasteiger partial charge is 0.250 e. The Morgan fingerprint density at radius 2 is 1.00 bits per heavy atom. The highest BCUT2D eigenvalue weighted by molar-refractivity contribution is 7.26. The quantitative estimate of drug-likeness (QED) is 0.217. The summed E-state index contributed by atoms with van der Waals surface area (Å²) in [5, 5.41) is 2.64. The van der Waals surface area contributed by atoms with E-state index in [1.807, 2.05) is 23.5 Å². The van der Waals surface area contributed by atoms with Crippen molar-refractivity contribution < 1.29 is 4.74 Å². The molecule has 3 heteroatoms. The Bertz CT molecular complexity index is 1960. The zero-order chi connectivity index (χ0) is 25.8. The molecule has 0 bridgehead atoms. The van der Waals surface area contributed by atoms with Gasteiger partial charge in [-0.3, -0.25) is 0 Å². The van der Waals surface area contributed by atoms with E-state index in [-0.39, 0.29) is 6.71 Å². The maximum absolute atomic E-state index is 6.28. The number of ether oxygens (including phenoxy) is 1. The molecule has 1 aliphatic rings. The minimum Gasteiger partial charge on any atom is -0.458 e. The van der Waals surface area contributed by atoms with Gasteiger partial charge in [-0.2, -0.15) is 0 Å². The molecule has 8 rings (SSSR count). The third kappa shape index (κ3) is 3.62. The van der Waals surface area contributed by atoms with Gasteiger partial charge in [-0.25, -0.2) is 0 Å². The van der Waals surface area contributed by atoms with Crippen LogP contribution < -0.4 is 21.1 Å². The molecule has 0 N–H and O–H groups in total. The second-order valence-corrected chi connectivity index (χ2v) is 11.1. The second-order valence-electron chi connectivity index (χ2n) is 10.1. The summed E-state index contributed by atoms with van der Waals surface area (Å²) >= 11 is 1.90. The first-order valence-electron chi connectivity index (χ1n) is 13.3. The van der Waals surface area contributed by atoms with Crippen molar-refractivity contribution in [1.29, 1.82) is 0 Å². The molecular formula is C36H23BOS. The molecule has 0 radical (unpaired) electrons. The summed E-state index contributed by atoms with van der Waals surface area (Å²) in [6.45, 7) is 0.123. The standard InChI is InChI=1S/C36H23BOS/c1-2-11-24(12-3-1)27-15-9-17-29-30-18-10-16-28(36(30)39-35(27)29)25-13-8-14-26(23-25)37-31-19-4-6-21-33(31)38-34-22-7-5-20-32(34)37/h1-23H. The van der Waals surface area contributed by atoms with E-state index in [0.717, 1.165) is 11.5 Å². The van der Waals surface area contributed by atoms with Gasteiger partial charge >= 0.3 is 0 Å². The summed E-state index contributed by atoms with van der Waals surface area (Å²) in [5.41, 5.74) is 8.77. The lowest BCUT2D eigenvalue weighted by Gasteiger charge is -2.26. The van der Waals surface area contributed by atoms with Crippen LogP contribution in [-0.2, 0) is 0 Å². The van der Waals surface area contributed by atoms with Gasteiger partial charge in [-0.15, -0.1) is 11.3 Å². The van der Waals surface area contributed by atoms with Crippen molar-refractivity contribution in [2.75, 3.05) is 0 Å². The lowest BCUT2D eigenvalue weighted by Crippen LogP contribution is -2.54. The van der Waals surface area contributed by atoms with Crippen molar-refractivity contribution in [3.05, 3.63) is 140 Å². The number of benzene rings is 6. The SMILES string of the molecule is c1ccc(-c2cccc3c2sc2c(-c4cccc(B5c6ccccc6Oc6ccccc65)c4)cccc23)cc1. The van der Waals surface area contributed by atoms with Crippen LogP contribution in [0.5, 0.6) is 11.5 Å². The molecule has 0 spiro atoms. The van der Waals surface area contributed by atoms with Gasteiger partial charge in [-0.1, -0.05) is 133 Å². The minimum absolute atomic E-state index is 0.123. The first kappa shape index (κ1) is 22.4. The van der Waals surface area contributed by atoms with Gasteiger partial charge < -0.3 is 4.74 Å². The summed E-state index contributed by atoms with van der Waals surface area (Å²) in [7, 11) is 0. The summed E-state index contributed by atoms with van der Waals surface area (Å²) < 4.78 is 8.96. The molecule has 6 aromatic carbocycles. The van der Waals surface area contributed by atoms with Crippen LogP contribution in [0, 0.1) is 0 Å². The van der Waals surface area contributed by atoms with Gasteiger partial charge in [0.2, 0.25) is 0 Å². The highest BCUT2D eigenvalue weighted by atomic mass is 32.1. The Labute approximate surface area is 232 Å². The van der Waals surface area contributed by atoms with Crippen molar-refractivity contribution in [2.24, 2.45) is 0 Å². The summed E-state index contributed by atoms with van der Waals surface area (Å²) in [4.78, 5) is 0. The maximum atomic E-state index is 6.28. The molecule has 0 unspecified atom stereocenters. The summed E-state index contributed by atoms with van der Waals surface area (Å²) in [6.07, 6.45) is 0. The van der Waals surface area contributed by atoms with Crippen molar-refractivity contribution >= 4 is 54.6 Å². The molecule has 0 amide bonds. The van der Waals surface area contributed by atoms with Crippen molar-refractivity contribution in [3.63, 3.8) is 0 Å². The molecule has 0 saturated heterocycles. The van der Waals surface area contributed by atoms with Crippen LogP contribution in [0.2, 0.25) is 0 Å². The second kappa shape index (κ2) is 9.01. The highest BCUT2D eigenvalue weighted by Crippen LogP contribution is 2.43. The van der Waals surface area contributed by atoms with E-state index >= 15 is 0 Å². The van der Waals surface area contributed by atoms with Crippen LogP contribution in [0.15, 0.2) is 140 Å². The molecule has 182 valence electrons. The van der Waals surface area contributed by atoms with E-state index < -0.39 is 0 Å². The number of hydrogen-bond donors (Lipinski definition) is 0. The predicted molar refractivity (Wildman–Crippen MR) is 168 cm³/mol. The number of para-hydroxylation sites is 2. The monoisotopic (exact) mass is 514 g/mol. The van der Waals surface area contributed by atoms with Gasteiger partial charge in [0.05, 0.1) is 0 Å². The Morgan fingerprint density at radius 3 is 1.67 bits per heavy atom. The van der Waals surface area contributed by atoms with E-state index in [1.165, 1.54) is 58.8 Å². The third-order valence-electron chi connectivity index (χ3n) is 7.82. The molecular weight excluding hydrogens is 491 g/mol. The number of hydrogen-bond acceptors (Lipinski definition) is 2. The number of rotatable bonds is 3. The first-order chi connectivity index (χ1) is 19.3. The average Bonchev–Trinajstić information content (AvgIpc) is 3.39. The van der Waals surface area contributed by atoms with Crippen molar-refractivity contribution in [1.82, 2.24) is 0 Å². The molecule has 1 nitrogen and oxygen atoms in total. The van der Waals surface area contributed by atoms with Crippen LogP contribution in [0.4, 0.5) is 0 Å². The van der Waals surface area contributed by atoms with Crippen molar-refractivity contribution in [3.8, 4) is 33.8 Å². The van der Waals surface area contributed by atoms with Crippen LogP contribution in [0.25, 0.3) is 42.4 Å². The fraction of sp³-hybridized carbons (Fsp3) is 0. The van der Waals surface area contributed by atoms with E-state index in [9.17, 15) is 0 Å². The fourth-order valence-corrected chi connectivity index (χ4v) is 7.42. The summed E-state index contributed by atoms with van der Waals surface area (Å²) in [5.74, 6) is 1.87. The number of thiophene rings is 1. The largest absolute Gasteiger partial charge is 0.458 e. The summed E-state index contributed by atoms with van der Waals surface area (Å²) in [6, 6.07) is 50.1. The predicted octanol–water partition coefficient (Wildman–Crippen LogP) is 8.01. The van der Waals surface area contributed by atoms with Crippen LogP contribution in [0.3, 0.4) is 0 Å². The first-order valence-corrected chi connectivity index (χ1v) is 14.1. The molecule has 0 atom stereocenters. The maximum Gasteiger partial charge on any atom is 0.250 e. The molecule has 39 heavy (non-hydrogen) atoms. The number of fused-ring (bicyclic) bond motifs is 5. The lowest BCUT2D eigenvalue weighted by atomic mass is 9.36. The van der Waals surface area contributed by atoms with E-state index in [1.54, 1.807) is 0 Å². The molecule has 7 aromatic rings. The van der Waals surface area contributed by atoms with Gasteiger partial charge in [0.1, 0.15) is 11.5 Å². The topological polar surface area (TPSA) is 9.23 Å². The molecule has 2 heterocycles. The molecule has 0 fully saturated rings. The minimum atomic E-state index is 0.123. The molecule has 1 aliphatic heterocycles. The van der Waals surface area contributed by atoms with E-state index in [2.05, 4.69) is 127 Å². The Kier molecular flexibility index (Phi) is 5.17. The van der Waals surface area contributed by atoms with Gasteiger partial charge in [-0.05, 0) is 45.3 Å². The van der Waals surface area contributed by atoms with Crippen LogP contribution in [-0.4, -0.2) is 6.71 Å². The molecule has 1 aromatic heterocycles. The third-order valence-corrected chi connectivity index (χ3v) is 9.11. The Hall–Kier alpha value is -4.60. The molecule has 0 saturated carbocycles. The van der Waals surface area contributed by atoms with Crippen LogP contribution in [0.1, 0.15) is 0 Å². The van der Waals surface area contributed by atoms with Gasteiger partial charge in [0.25, 0.3) is 6.71 Å². The van der Waals surface area contributed by atoms with Crippen LogP contribution >= 0.6 is 11.3 Å². The Balaban J connectivity index is 1.31. The Morgan fingerprint density at radius 1 is 0.462 bits per heavy atom. The molecule has 0 aliphatic carbocycles. The zero-order valence-electron chi connectivity index (χ0n) is 21.2. The van der Waals surface area contributed by atoms with Gasteiger partial charge in [0.15, 0.2) is 0 Å². The van der Waals surface area contributed by atoms with Gasteiger partial charge in [0, 0.05) is 20.2 Å². The van der Waals surface area contributed by atoms with E-state index in [4.69, 9.17) is 4.74 Å². The normalized spacial score (nSPS) is 12.3. The van der Waals surface area contributed by atoms with E-state index in [0.29, 0.717) is 0 Å². The van der Waals surface area contributed by atoms with Crippen molar-refractivity contribution in [2.45, 2.75) is 0 Å². The lowest BCUT2D eigenvalue weighted by molar-refractivity contribution is 0.487.